The summed E-state index contributed by atoms with van der Waals surface area (Å²) >= 11 is 0. The van der Waals surface area contributed by atoms with Gasteiger partial charge in [-0.2, -0.15) is 5.10 Å². The summed E-state index contributed by atoms with van der Waals surface area (Å²) in [6, 6.07) is 6.41. The normalized spacial score (nSPS) is 24.6. The molecule has 2 aromatic rings. The molecule has 0 radical (unpaired) electrons. The summed E-state index contributed by atoms with van der Waals surface area (Å²) in [6.45, 7) is 11.4. The average molecular weight is 536 g/mol. The van der Waals surface area contributed by atoms with Crippen molar-refractivity contribution in [2.45, 2.75) is 65.0 Å². The highest BCUT2D eigenvalue weighted by molar-refractivity contribution is 5.95. The van der Waals surface area contributed by atoms with Crippen LogP contribution in [-0.4, -0.2) is 95.1 Å². The first-order valence-corrected chi connectivity index (χ1v) is 14.5. The molecule has 210 valence electrons. The Labute approximate surface area is 230 Å². The molecule has 2 amide bonds. The maximum absolute atomic E-state index is 13.6. The molecule has 4 aliphatic rings. The number of aryl methyl sites for hydroxylation is 1. The number of ether oxygens (including phenoxy) is 1. The molecule has 2 aliphatic heterocycles. The number of hydrogen-bond acceptors (Lipinski definition) is 6. The number of piperidine rings is 1. The number of aliphatic hydroxyl groups excluding tert-OH is 1. The molecule has 39 heavy (non-hydrogen) atoms. The number of likely N-dealkylation sites (tertiary alicyclic amines) is 1. The molecule has 9 heteroatoms. The van der Waals surface area contributed by atoms with Crippen LogP contribution in [0.25, 0.3) is 0 Å². The molecule has 1 N–H and O–H groups in total. The third-order valence-corrected chi connectivity index (χ3v) is 9.58. The Bertz CT molecular complexity index is 1260. The monoisotopic (exact) mass is 535 g/mol. The van der Waals surface area contributed by atoms with Crippen molar-refractivity contribution in [3.63, 3.8) is 0 Å². The zero-order chi connectivity index (χ0) is 27.3. The van der Waals surface area contributed by atoms with Crippen molar-refractivity contribution < 1.29 is 19.4 Å². The molecule has 2 saturated heterocycles. The molecule has 1 aromatic carbocycles. The largest absolute Gasteiger partial charge is 0.394 e. The van der Waals surface area contributed by atoms with Crippen molar-refractivity contribution in [1.82, 2.24) is 19.6 Å². The van der Waals surface area contributed by atoms with Crippen LogP contribution in [-0.2, 0) is 22.5 Å². The Kier molecular flexibility index (Phi) is 6.91. The third kappa shape index (κ3) is 4.84. The lowest BCUT2D eigenvalue weighted by Gasteiger charge is -2.37. The van der Waals surface area contributed by atoms with Gasteiger partial charge in [0.1, 0.15) is 6.54 Å². The zero-order valence-electron chi connectivity index (χ0n) is 23.5. The molecular weight excluding hydrogens is 494 g/mol. The number of aliphatic hydroxyl groups is 1. The van der Waals surface area contributed by atoms with Crippen LogP contribution < -0.4 is 4.90 Å². The van der Waals surface area contributed by atoms with E-state index in [1.165, 1.54) is 16.8 Å². The van der Waals surface area contributed by atoms with Gasteiger partial charge in [-0.15, -0.1) is 0 Å². The van der Waals surface area contributed by atoms with Gasteiger partial charge in [0.05, 0.1) is 19.3 Å². The first-order valence-electron chi connectivity index (χ1n) is 14.5. The lowest BCUT2D eigenvalue weighted by atomic mass is 10.1. The summed E-state index contributed by atoms with van der Waals surface area (Å²) in [5.41, 5.74) is 6.78. The molecule has 3 heterocycles. The number of piperazine rings is 1. The second kappa shape index (κ2) is 10.2. The van der Waals surface area contributed by atoms with Gasteiger partial charge < -0.3 is 24.5 Å². The number of amides is 2. The van der Waals surface area contributed by atoms with Gasteiger partial charge in [0.25, 0.3) is 5.91 Å². The van der Waals surface area contributed by atoms with Crippen LogP contribution in [0.15, 0.2) is 18.2 Å². The molecule has 1 saturated carbocycles. The quantitative estimate of drug-likeness (QED) is 0.586. The van der Waals surface area contributed by atoms with Gasteiger partial charge >= 0.3 is 0 Å². The topological polar surface area (TPSA) is 91.1 Å². The number of nitrogens with zero attached hydrogens (tertiary/aromatic N) is 5. The van der Waals surface area contributed by atoms with E-state index in [2.05, 4.69) is 43.9 Å². The standard InChI is InChI=1S/C30H41N5O4/c1-20-5-4-6-24(21(20)2)32-11-13-33(14-12-32)26(37)19-35-25-18-30(3)17-23(30)27(25)28(31-35)29(38)34-9-7-22(8-10-34)39-16-15-36/h4-6,22-23,36H,7-19H2,1-3H3/t23-,30?/m0/s1. The van der Waals surface area contributed by atoms with Crippen molar-refractivity contribution in [3.8, 4) is 0 Å². The van der Waals surface area contributed by atoms with Gasteiger partial charge in [0.15, 0.2) is 5.69 Å². The van der Waals surface area contributed by atoms with Crippen LogP contribution in [0.1, 0.15) is 65.0 Å². The zero-order valence-corrected chi connectivity index (χ0v) is 23.5. The average Bonchev–Trinajstić information content (AvgIpc) is 3.34. The molecule has 2 aliphatic carbocycles. The highest BCUT2D eigenvalue weighted by Crippen LogP contribution is 2.67. The Balaban J connectivity index is 1.13. The molecule has 0 spiro atoms. The Morgan fingerprint density at radius 1 is 1.08 bits per heavy atom. The highest BCUT2D eigenvalue weighted by Gasteiger charge is 2.59. The molecule has 1 unspecified atom stereocenters. The van der Waals surface area contributed by atoms with Crippen molar-refractivity contribution in [1.29, 1.82) is 0 Å². The number of fused-ring (bicyclic) bond motifs is 3. The van der Waals surface area contributed by atoms with Crippen molar-refractivity contribution in [2.75, 3.05) is 57.4 Å². The molecular formula is C30H41N5O4. The fraction of sp³-hybridized carbons (Fsp3) is 0.633. The van der Waals surface area contributed by atoms with Crippen LogP contribution in [0.3, 0.4) is 0 Å². The van der Waals surface area contributed by atoms with Gasteiger partial charge in [-0.1, -0.05) is 19.1 Å². The van der Waals surface area contributed by atoms with Gasteiger partial charge in [-0.3, -0.25) is 14.3 Å². The van der Waals surface area contributed by atoms with E-state index in [4.69, 9.17) is 14.9 Å². The summed E-state index contributed by atoms with van der Waals surface area (Å²) in [5, 5.41) is 13.8. The van der Waals surface area contributed by atoms with Crippen molar-refractivity contribution in [3.05, 3.63) is 46.3 Å². The second-order valence-corrected chi connectivity index (χ2v) is 12.1. The molecule has 0 bridgehead atoms. The number of aromatic nitrogens is 2. The van der Waals surface area contributed by atoms with Crippen LogP contribution >= 0.6 is 0 Å². The minimum Gasteiger partial charge on any atom is -0.394 e. The van der Waals surface area contributed by atoms with Gasteiger partial charge in [-0.25, -0.2) is 0 Å². The van der Waals surface area contributed by atoms with Gasteiger partial charge in [0.2, 0.25) is 5.91 Å². The number of hydrogen-bond donors (Lipinski definition) is 1. The molecule has 3 fully saturated rings. The molecule has 2 atom stereocenters. The summed E-state index contributed by atoms with van der Waals surface area (Å²) in [4.78, 5) is 33.3. The number of anilines is 1. The van der Waals surface area contributed by atoms with Gasteiger partial charge in [-0.05, 0) is 68.1 Å². The lowest BCUT2D eigenvalue weighted by molar-refractivity contribution is -0.132. The lowest BCUT2D eigenvalue weighted by Crippen LogP contribution is -2.50. The number of benzene rings is 1. The van der Waals surface area contributed by atoms with Gasteiger partial charge in [0, 0.05) is 56.2 Å². The predicted octanol–water partition coefficient (Wildman–Crippen LogP) is 2.51. The molecule has 9 nitrogen and oxygen atoms in total. The fourth-order valence-electron chi connectivity index (χ4n) is 6.89. The Morgan fingerprint density at radius 2 is 1.82 bits per heavy atom. The second-order valence-electron chi connectivity index (χ2n) is 12.1. The summed E-state index contributed by atoms with van der Waals surface area (Å²) in [7, 11) is 0. The van der Waals surface area contributed by atoms with Crippen molar-refractivity contribution >= 4 is 17.5 Å². The summed E-state index contributed by atoms with van der Waals surface area (Å²) < 4.78 is 7.52. The minimum absolute atomic E-state index is 0.0173. The number of carbonyl (C=O) groups excluding carboxylic acids is 2. The van der Waals surface area contributed by atoms with E-state index in [0.717, 1.165) is 50.0 Å². The first kappa shape index (κ1) is 26.3. The van der Waals surface area contributed by atoms with E-state index in [1.54, 1.807) is 0 Å². The summed E-state index contributed by atoms with van der Waals surface area (Å²) in [5.74, 6) is 0.436. The van der Waals surface area contributed by atoms with E-state index >= 15 is 0 Å². The van der Waals surface area contributed by atoms with E-state index in [9.17, 15) is 9.59 Å². The maximum atomic E-state index is 13.6. The Morgan fingerprint density at radius 3 is 2.54 bits per heavy atom. The fourth-order valence-corrected chi connectivity index (χ4v) is 6.89. The third-order valence-electron chi connectivity index (χ3n) is 9.58. The van der Waals surface area contributed by atoms with E-state index in [1.807, 2.05) is 14.5 Å². The van der Waals surface area contributed by atoms with Crippen LogP contribution in [0.5, 0.6) is 0 Å². The smallest absolute Gasteiger partial charge is 0.274 e. The van der Waals surface area contributed by atoms with Crippen LogP contribution in [0, 0.1) is 19.3 Å². The van der Waals surface area contributed by atoms with E-state index < -0.39 is 0 Å². The summed E-state index contributed by atoms with van der Waals surface area (Å²) in [6.07, 6.45) is 3.60. The molecule has 6 rings (SSSR count). The number of rotatable bonds is 7. The minimum atomic E-state index is -0.0173. The van der Waals surface area contributed by atoms with E-state index in [-0.39, 0.29) is 36.5 Å². The van der Waals surface area contributed by atoms with E-state index in [0.29, 0.717) is 44.4 Å². The van der Waals surface area contributed by atoms with Crippen LogP contribution in [0.2, 0.25) is 0 Å². The maximum Gasteiger partial charge on any atom is 0.274 e. The number of carbonyl (C=O) groups is 2. The molecule has 1 aromatic heterocycles. The highest BCUT2D eigenvalue weighted by atomic mass is 16.5. The first-order chi connectivity index (χ1) is 18.8. The SMILES string of the molecule is Cc1cccc(N2CCN(C(=O)Cn3nc(C(=O)N4CCC(OCCO)CC4)c4c3CC3(C)C[C@@H]43)CC2)c1C. The Hall–Kier alpha value is -2.91. The predicted molar refractivity (Wildman–Crippen MR) is 148 cm³/mol. The van der Waals surface area contributed by atoms with Crippen molar-refractivity contribution in [2.24, 2.45) is 5.41 Å². The van der Waals surface area contributed by atoms with Crippen LogP contribution in [0.4, 0.5) is 5.69 Å².